The summed E-state index contributed by atoms with van der Waals surface area (Å²) < 4.78 is 61.3. The van der Waals surface area contributed by atoms with Gasteiger partial charge in [-0.05, 0) is 15.9 Å². The van der Waals surface area contributed by atoms with Crippen LogP contribution in [0.25, 0.3) is 0 Å². The van der Waals surface area contributed by atoms with Crippen LogP contribution in [0.15, 0.2) is 10.7 Å². The van der Waals surface area contributed by atoms with E-state index in [2.05, 4.69) is 20.9 Å². The average molecular weight is 320 g/mol. The van der Waals surface area contributed by atoms with Gasteiger partial charge < -0.3 is 5.11 Å². The van der Waals surface area contributed by atoms with Crippen molar-refractivity contribution in [3.05, 3.63) is 27.5 Å². The van der Waals surface area contributed by atoms with Crippen LogP contribution < -0.4 is 0 Å². The molecule has 0 aliphatic carbocycles. The van der Waals surface area contributed by atoms with Crippen LogP contribution in [0.1, 0.15) is 28.0 Å². The largest absolute Gasteiger partial charge is 0.478 e. The third-order valence-corrected chi connectivity index (χ3v) is 2.59. The van der Waals surface area contributed by atoms with Crippen LogP contribution in [-0.4, -0.2) is 16.1 Å². The smallest absolute Gasteiger partial charge is 0.419 e. The summed E-state index contributed by atoms with van der Waals surface area (Å²) in [6, 6.07) is 0. The van der Waals surface area contributed by atoms with Crippen molar-refractivity contribution in [3.8, 4) is 0 Å². The first-order valence-electron chi connectivity index (χ1n) is 3.93. The zero-order valence-corrected chi connectivity index (χ0v) is 9.31. The summed E-state index contributed by atoms with van der Waals surface area (Å²) in [7, 11) is 0. The summed E-state index contributed by atoms with van der Waals surface area (Å²) in [4.78, 5) is 13.4. The van der Waals surface area contributed by atoms with Gasteiger partial charge in [-0.15, -0.1) is 0 Å². The molecule has 0 aliphatic rings. The fraction of sp³-hybridized carbons (Fsp3) is 0.250. The lowest BCUT2D eigenvalue weighted by atomic mass is 10.1. The molecule has 0 unspecified atom stereocenters. The van der Waals surface area contributed by atoms with E-state index < -0.39 is 39.9 Å². The number of aromatic carboxylic acids is 1. The van der Waals surface area contributed by atoms with E-state index in [1.807, 2.05) is 0 Å². The van der Waals surface area contributed by atoms with E-state index in [4.69, 9.17) is 5.11 Å². The molecule has 1 rings (SSSR count). The summed E-state index contributed by atoms with van der Waals surface area (Å²) in [5, 5.41) is 8.56. The number of hydrogen-bond acceptors (Lipinski definition) is 2. The number of halogens is 6. The van der Waals surface area contributed by atoms with Crippen molar-refractivity contribution < 1.29 is 31.9 Å². The van der Waals surface area contributed by atoms with Crippen molar-refractivity contribution in [3.63, 3.8) is 0 Å². The quantitative estimate of drug-likeness (QED) is 0.849. The van der Waals surface area contributed by atoms with Crippen molar-refractivity contribution >= 4 is 21.9 Å². The lowest BCUT2D eigenvalue weighted by Gasteiger charge is -2.14. The minimum atomic E-state index is -5.12. The van der Waals surface area contributed by atoms with Crippen LogP contribution in [0.3, 0.4) is 0 Å². The predicted octanol–water partition coefficient (Wildman–Crippen LogP) is 3.50. The third kappa shape index (κ3) is 2.71. The molecular weight excluding hydrogens is 317 g/mol. The maximum atomic E-state index is 12.5. The number of carboxylic acid groups (broad SMARTS) is 1. The maximum absolute atomic E-state index is 12.5. The average Bonchev–Trinajstić information content (AvgIpc) is 2.14. The first-order chi connectivity index (χ1) is 7.66. The molecule has 1 aromatic rings. The summed E-state index contributed by atoms with van der Waals surface area (Å²) in [6.07, 6.45) is -8.13. The lowest BCUT2D eigenvalue weighted by Crippen LogP contribution is -2.15. The van der Waals surface area contributed by atoms with Gasteiger partial charge in [0.2, 0.25) is 0 Å². The number of hydrogen-bond donors (Lipinski definition) is 1. The Morgan fingerprint density at radius 2 is 1.94 bits per heavy atom. The Labute approximate surface area is 99.4 Å². The summed E-state index contributed by atoms with van der Waals surface area (Å²) >= 11 is 2.36. The van der Waals surface area contributed by atoms with E-state index in [-0.39, 0.29) is 0 Å². The van der Waals surface area contributed by atoms with Crippen LogP contribution in [-0.2, 0) is 6.18 Å². The van der Waals surface area contributed by atoms with Gasteiger partial charge in [-0.25, -0.2) is 13.6 Å². The molecule has 0 fully saturated rings. The van der Waals surface area contributed by atoms with Crippen molar-refractivity contribution in [2.75, 3.05) is 0 Å². The number of carboxylic acids is 1. The Hall–Kier alpha value is -1.25. The molecule has 0 amide bonds. The van der Waals surface area contributed by atoms with E-state index in [1.54, 1.807) is 0 Å². The Balaban J connectivity index is 3.59. The monoisotopic (exact) mass is 319 g/mol. The molecule has 1 N–H and O–H groups in total. The Morgan fingerprint density at radius 1 is 1.41 bits per heavy atom. The van der Waals surface area contributed by atoms with Crippen LogP contribution >= 0.6 is 15.9 Å². The molecule has 94 valence electrons. The number of rotatable bonds is 2. The number of aromatic nitrogens is 1. The molecule has 0 bridgehead atoms. The minimum Gasteiger partial charge on any atom is -0.478 e. The molecule has 0 aromatic carbocycles. The highest BCUT2D eigenvalue weighted by Crippen LogP contribution is 2.41. The fourth-order valence-electron chi connectivity index (χ4n) is 1.09. The molecule has 1 aromatic heterocycles. The number of alkyl halides is 5. The second-order valence-electron chi connectivity index (χ2n) is 2.85. The predicted molar refractivity (Wildman–Crippen MR) is 48.9 cm³/mol. The standard InChI is InChI=1S/C8H3BrF5NO2/c9-4-2(7(16)17)1-15-5(6(10)11)3(4)8(12,13)14/h1,6H,(H,16,17). The van der Waals surface area contributed by atoms with Gasteiger partial charge in [0.25, 0.3) is 6.43 Å². The summed E-state index contributed by atoms with van der Waals surface area (Å²) in [5.74, 6) is -1.70. The minimum absolute atomic E-state index is 0.448. The topological polar surface area (TPSA) is 50.2 Å². The van der Waals surface area contributed by atoms with Gasteiger partial charge >= 0.3 is 12.1 Å². The summed E-state index contributed by atoms with van der Waals surface area (Å²) in [6.45, 7) is 0. The van der Waals surface area contributed by atoms with E-state index in [0.29, 0.717) is 6.20 Å². The van der Waals surface area contributed by atoms with E-state index in [9.17, 15) is 26.7 Å². The first-order valence-corrected chi connectivity index (χ1v) is 4.72. The van der Waals surface area contributed by atoms with Crippen molar-refractivity contribution in [2.24, 2.45) is 0 Å². The molecule has 0 radical (unpaired) electrons. The van der Waals surface area contributed by atoms with Gasteiger partial charge in [0, 0.05) is 10.7 Å². The second-order valence-corrected chi connectivity index (χ2v) is 3.64. The summed E-state index contributed by atoms with van der Waals surface area (Å²) in [5.41, 5.74) is -4.11. The van der Waals surface area contributed by atoms with Gasteiger partial charge in [0.1, 0.15) is 5.69 Å². The van der Waals surface area contributed by atoms with Gasteiger partial charge in [-0.2, -0.15) is 13.2 Å². The Kier molecular flexibility index (Phi) is 3.70. The molecule has 1 heterocycles. The molecular formula is C8H3BrF5NO2. The van der Waals surface area contributed by atoms with Crippen molar-refractivity contribution in [1.29, 1.82) is 0 Å². The molecule has 17 heavy (non-hydrogen) atoms. The SMILES string of the molecule is O=C(O)c1cnc(C(F)F)c(C(F)(F)F)c1Br. The highest BCUT2D eigenvalue weighted by Gasteiger charge is 2.40. The number of pyridine rings is 1. The zero-order valence-electron chi connectivity index (χ0n) is 7.73. The van der Waals surface area contributed by atoms with Gasteiger partial charge in [0.05, 0.1) is 11.1 Å². The van der Waals surface area contributed by atoms with Gasteiger partial charge in [-0.1, -0.05) is 0 Å². The maximum Gasteiger partial charge on any atom is 0.419 e. The Morgan fingerprint density at radius 3 is 2.29 bits per heavy atom. The Bertz CT molecular complexity index is 460. The molecule has 0 spiro atoms. The third-order valence-electron chi connectivity index (χ3n) is 1.77. The van der Waals surface area contributed by atoms with Crippen molar-refractivity contribution in [1.82, 2.24) is 4.98 Å². The van der Waals surface area contributed by atoms with Crippen LogP contribution in [0.4, 0.5) is 22.0 Å². The highest BCUT2D eigenvalue weighted by atomic mass is 79.9. The second kappa shape index (κ2) is 4.55. The van der Waals surface area contributed by atoms with Crippen LogP contribution in [0, 0.1) is 0 Å². The highest BCUT2D eigenvalue weighted by molar-refractivity contribution is 9.10. The molecule has 9 heteroatoms. The molecule has 0 saturated carbocycles. The van der Waals surface area contributed by atoms with E-state index in [1.165, 1.54) is 0 Å². The van der Waals surface area contributed by atoms with Gasteiger partial charge in [0.15, 0.2) is 0 Å². The molecule has 3 nitrogen and oxygen atoms in total. The first kappa shape index (κ1) is 13.8. The van der Waals surface area contributed by atoms with Gasteiger partial charge in [-0.3, -0.25) is 4.98 Å². The number of nitrogens with zero attached hydrogens (tertiary/aromatic N) is 1. The molecule has 0 atom stereocenters. The fourth-order valence-corrected chi connectivity index (χ4v) is 1.79. The number of carbonyl (C=O) groups is 1. The normalized spacial score (nSPS) is 11.9. The van der Waals surface area contributed by atoms with Crippen molar-refractivity contribution in [2.45, 2.75) is 12.6 Å². The van der Waals surface area contributed by atoms with E-state index in [0.717, 1.165) is 0 Å². The van der Waals surface area contributed by atoms with Crippen LogP contribution in [0.5, 0.6) is 0 Å². The van der Waals surface area contributed by atoms with E-state index >= 15 is 0 Å². The zero-order chi connectivity index (χ0) is 13.4. The molecule has 0 saturated heterocycles. The van der Waals surface area contributed by atoms with Crippen LogP contribution in [0.2, 0.25) is 0 Å². The lowest BCUT2D eigenvalue weighted by molar-refractivity contribution is -0.140. The molecule has 0 aliphatic heterocycles.